The van der Waals surface area contributed by atoms with E-state index in [2.05, 4.69) is 16.0 Å². The van der Waals surface area contributed by atoms with Gasteiger partial charge >= 0.3 is 6.09 Å². The highest BCUT2D eigenvalue weighted by Gasteiger charge is 2.28. The van der Waals surface area contributed by atoms with Crippen molar-refractivity contribution in [1.29, 1.82) is 0 Å². The molecule has 2 atom stereocenters. The zero-order valence-corrected chi connectivity index (χ0v) is 21.0. The molecule has 2 aromatic carbocycles. The van der Waals surface area contributed by atoms with Gasteiger partial charge in [-0.15, -0.1) is 0 Å². The third-order valence-corrected chi connectivity index (χ3v) is 5.36. The summed E-state index contributed by atoms with van der Waals surface area (Å²) in [6.45, 7) is 6.15. The Bertz CT molecular complexity index is 1010. The van der Waals surface area contributed by atoms with Crippen LogP contribution in [0.2, 0.25) is 0 Å². The van der Waals surface area contributed by atoms with Crippen LogP contribution in [0.4, 0.5) is 10.5 Å². The number of ether oxygens (including phenoxy) is 4. The van der Waals surface area contributed by atoms with E-state index in [0.717, 1.165) is 16.8 Å². The molecule has 0 bridgehead atoms. The molecule has 0 unspecified atom stereocenters. The van der Waals surface area contributed by atoms with Crippen LogP contribution in [0.5, 0.6) is 11.5 Å². The summed E-state index contributed by atoms with van der Waals surface area (Å²) >= 11 is 0. The Kier molecular flexibility index (Phi) is 8.81. The van der Waals surface area contributed by atoms with E-state index in [4.69, 9.17) is 18.9 Å². The molecule has 9 nitrogen and oxygen atoms in total. The summed E-state index contributed by atoms with van der Waals surface area (Å²) in [4.78, 5) is 25.5. The average molecular weight is 486 g/mol. The number of anilines is 1. The maximum atomic E-state index is 13.2. The van der Waals surface area contributed by atoms with Gasteiger partial charge in [0, 0.05) is 18.3 Å². The van der Waals surface area contributed by atoms with Crippen LogP contribution in [-0.4, -0.2) is 57.1 Å². The zero-order chi connectivity index (χ0) is 25.4. The van der Waals surface area contributed by atoms with Gasteiger partial charge in [-0.3, -0.25) is 4.79 Å². The normalized spacial score (nSPS) is 15.7. The lowest BCUT2D eigenvalue weighted by Gasteiger charge is -2.29. The molecule has 1 heterocycles. The maximum absolute atomic E-state index is 13.2. The lowest BCUT2D eigenvalue weighted by molar-refractivity contribution is -0.125. The van der Waals surface area contributed by atoms with Gasteiger partial charge in [-0.25, -0.2) is 4.79 Å². The fourth-order valence-corrected chi connectivity index (χ4v) is 3.73. The topological polar surface area (TPSA) is 107 Å². The molecule has 0 radical (unpaired) electrons. The van der Waals surface area contributed by atoms with Crippen LogP contribution in [0.15, 0.2) is 42.5 Å². The molecule has 3 rings (SSSR count). The molecule has 35 heavy (non-hydrogen) atoms. The van der Waals surface area contributed by atoms with Crippen molar-refractivity contribution in [2.24, 2.45) is 0 Å². The van der Waals surface area contributed by atoms with Gasteiger partial charge in [0.05, 0.1) is 33.5 Å². The number of alkyl carbamates (subject to hydrolysis) is 1. The van der Waals surface area contributed by atoms with Crippen LogP contribution in [-0.2, 0) is 27.3 Å². The predicted molar refractivity (Wildman–Crippen MR) is 133 cm³/mol. The van der Waals surface area contributed by atoms with Crippen LogP contribution in [0.3, 0.4) is 0 Å². The minimum absolute atomic E-state index is 0.00171. The maximum Gasteiger partial charge on any atom is 0.408 e. The summed E-state index contributed by atoms with van der Waals surface area (Å²) in [5.74, 6) is 0.914. The molecule has 0 fully saturated rings. The van der Waals surface area contributed by atoms with Gasteiger partial charge < -0.3 is 34.9 Å². The fraction of sp³-hybridized carbons (Fsp3) is 0.462. The summed E-state index contributed by atoms with van der Waals surface area (Å²) in [6.07, 6.45) is -0.0803. The summed E-state index contributed by atoms with van der Waals surface area (Å²) in [7, 11) is 3.18. The van der Waals surface area contributed by atoms with Gasteiger partial charge in [0.1, 0.15) is 11.6 Å². The number of nitrogens with one attached hydrogen (secondary N) is 3. The summed E-state index contributed by atoms with van der Waals surface area (Å²) < 4.78 is 21.9. The van der Waals surface area contributed by atoms with E-state index >= 15 is 0 Å². The first-order valence-electron chi connectivity index (χ1n) is 11.6. The third kappa shape index (κ3) is 7.78. The van der Waals surface area contributed by atoms with Crippen molar-refractivity contribution in [3.63, 3.8) is 0 Å². The van der Waals surface area contributed by atoms with E-state index in [1.807, 2.05) is 42.5 Å². The first kappa shape index (κ1) is 26.2. The second-order valence-electron chi connectivity index (χ2n) is 9.35. The van der Waals surface area contributed by atoms with Crippen molar-refractivity contribution in [2.75, 3.05) is 32.7 Å². The Morgan fingerprint density at radius 3 is 2.43 bits per heavy atom. The number of rotatable bonds is 9. The minimum Gasteiger partial charge on any atom is -0.493 e. The van der Waals surface area contributed by atoms with Gasteiger partial charge in [0.15, 0.2) is 11.5 Å². The standard InChI is InChI=1S/C26H35N3O6/c1-26(2,3)35-25(31)29-21(16-34-15-17-9-7-6-8-10-17)24(30)28-19-11-18-12-22(32-4)23(33-5)13-20(18)27-14-19/h6-10,12-13,19,21,27H,11,14-16H2,1-5H3,(H,28,30)(H,29,31)/t19-,21-/m0/s1. The Morgan fingerprint density at radius 2 is 1.77 bits per heavy atom. The van der Waals surface area contributed by atoms with Gasteiger partial charge in [-0.1, -0.05) is 30.3 Å². The molecule has 0 aromatic heterocycles. The largest absolute Gasteiger partial charge is 0.493 e. The Labute approximate surface area is 206 Å². The van der Waals surface area contributed by atoms with E-state index in [9.17, 15) is 9.59 Å². The third-order valence-electron chi connectivity index (χ3n) is 5.36. The molecular weight excluding hydrogens is 450 g/mol. The van der Waals surface area contributed by atoms with Crippen LogP contribution in [0.25, 0.3) is 0 Å². The number of amides is 2. The molecule has 9 heteroatoms. The van der Waals surface area contributed by atoms with Crippen LogP contribution >= 0.6 is 0 Å². The van der Waals surface area contributed by atoms with Crippen molar-refractivity contribution >= 4 is 17.7 Å². The molecule has 1 aliphatic rings. The second kappa shape index (κ2) is 11.8. The predicted octanol–water partition coefficient (Wildman–Crippen LogP) is 3.27. The number of carbonyl (C=O) groups is 2. The van der Waals surface area contributed by atoms with E-state index in [-0.39, 0.29) is 18.6 Å². The Balaban J connectivity index is 1.65. The lowest BCUT2D eigenvalue weighted by atomic mass is 9.98. The molecule has 0 saturated carbocycles. The van der Waals surface area contributed by atoms with Crippen LogP contribution in [0, 0.1) is 0 Å². The molecule has 0 saturated heterocycles. The SMILES string of the molecule is COc1cc2c(cc1OC)NC[C@@H](NC(=O)[C@H](COCc1ccccc1)NC(=O)OC(C)(C)C)C2. The van der Waals surface area contributed by atoms with Crippen molar-refractivity contribution in [2.45, 2.75) is 51.5 Å². The van der Waals surface area contributed by atoms with Crippen molar-refractivity contribution in [3.8, 4) is 11.5 Å². The monoisotopic (exact) mass is 485 g/mol. The molecule has 3 N–H and O–H groups in total. The Hall–Kier alpha value is -3.46. The highest BCUT2D eigenvalue weighted by atomic mass is 16.6. The second-order valence-corrected chi connectivity index (χ2v) is 9.35. The lowest BCUT2D eigenvalue weighted by Crippen LogP contribution is -2.54. The van der Waals surface area contributed by atoms with Crippen molar-refractivity contribution in [1.82, 2.24) is 10.6 Å². The highest BCUT2D eigenvalue weighted by Crippen LogP contribution is 2.35. The average Bonchev–Trinajstić information content (AvgIpc) is 2.82. The first-order valence-corrected chi connectivity index (χ1v) is 11.6. The first-order chi connectivity index (χ1) is 16.7. The number of benzene rings is 2. The highest BCUT2D eigenvalue weighted by molar-refractivity contribution is 5.86. The van der Waals surface area contributed by atoms with Crippen molar-refractivity contribution in [3.05, 3.63) is 53.6 Å². The van der Waals surface area contributed by atoms with E-state index < -0.39 is 17.7 Å². The molecule has 190 valence electrons. The summed E-state index contributed by atoms with van der Waals surface area (Å²) in [6, 6.07) is 12.3. The van der Waals surface area contributed by atoms with E-state index in [1.54, 1.807) is 35.0 Å². The zero-order valence-electron chi connectivity index (χ0n) is 21.0. The molecule has 0 aliphatic carbocycles. The minimum atomic E-state index is -0.916. The van der Waals surface area contributed by atoms with Crippen molar-refractivity contribution < 1.29 is 28.5 Å². The molecule has 2 aromatic rings. The Morgan fingerprint density at radius 1 is 1.09 bits per heavy atom. The van der Waals surface area contributed by atoms with E-state index in [0.29, 0.717) is 31.1 Å². The quantitative estimate of drug-likeness (QED) is 0.500. The van der Waals surface area contributed by atoms with Gasteiger partial charge in [-0.05, 0) is 44.4 Å². The number of methoxy groups -OCH3 is 2. The van der Waals surface area contributed by atoms with Gasteiger partial charge in [-0.2, -0.15) is 0 Å². The molecule has 0 spiro atoms. The number of hydrogen-bond acceptors (Lipinski definition) is 7. The fourth-order valence-electron chi connectivity index (χ4n) is 3.73. The molecule has 2 amide bonds. The van der Waals surface area contributed by atoms with E-state index in [1.165, 1.54) is 0 Å². The number of hydrogen-bond donors (Lipinski definition) is 3. The summed E-state index contributed by atoms with van der Waals surface area (Å²) in [5.41, 5.74) is 2.22. The number of carbonyl (C=O) groups excluding carboxylic acids is 2. The van der Waals surface area contributed by atoms with Crippen LogP contribution < -0.4 is 25.4 Å². The number of fused-ring (bicyclic) bond motifs is 1. The summed E-state index contributed by atoms with van der Waals surface area (Å²) in [5, 5.41) is 8.99. The van der Waals surface area contributed by atoms with Gasteiger partial charge in [0.25, 0.3) is 0 Å². The molecule has 1 aliphatic heterocycles. The smallest absolute Gasteiger partial charge is 0.408 e. The molecular formula is C26H35N3O6. The van der Waals surface area contributed by atoms with Gasteiger partial charge in [0.2, 0.25) is 5.91 Å². The van der Waals surface area contributed by atoms with Crippen LogP contribution in [0.1, 0.15) is 31.9 Å².